The normalized spacial score (nSPS) is 22.3. The van der Waals surface area contributed by atoms with Gasteiger partial charge < -0.3 is 10.2 Å². The summed E-state index contributed by atoms with van der Waals surface area (Å²) in [7, 11) is 0. The second-order valence-corrected chi connectivity index (χ2v) is 8.53. The van der Waals surface area contributed by atoms with Gasteiger partial charge in [-0.15, -0.1) is 0 Å². The second kappa shape index (κ2) is 9.56. The van der Waals surface area contributed by atoms with Crippen molar-refractivity contribution < 1.29 is 13.6 Å². The summed E-state index contributed by atoms with van der Waals surface area (Å²) >= 11 is 0. The summed E-state index contributed by atoms with van der Waals surface area (Å²) in [6, 6.07) is 13.3. The van der Waals surface area contributed by atoms with Crippen LogP contribution in [-0.4, -0.2) is 43.5 Å². The molecule has 30 heavy (non-hydrogen) atoms. The summed E-state index contributed by atoms with van der Waals surface area (Å²) in [5.41, 5.74) is 1.98. The van der Waals surface area contributed by atoms with E-state index in [2.05, 4.69) is 15.1 Å². The topological polar surface area (TPSA) is 35.6 Å². The van der Waals surface area contributed by atoms with Crippen LogP contribution < -0.4 is 10.2 Å². The lowest BCUT2D eigenvalue weighted by Crippen LogP contribution is -2.44. The first kappa shape index (κ1) is 20.8. The highest BCUT2D eigenvalue weighted by atomic mass is 19.1. The van der Waals surface area contributed by atoms with Gasteiger partial charge in [-0.3, -0.25) is 9.69 Å². The maximum Gasteiger partial charge on any atom is 0.224 e. The van der Waals surface area contributed by atoms with Crippen molar-refractivity contribution in [3.8, 4) is 0 Å². The monoisotopic (exact) mass is 413 g/mol. The van der Waals surface area contributed by atoms with Crippen molar-refractivity contribution in [3.63, 3.8) is 0 Å². The summed E-state index contributed by atoms with van der Waals surface area (Å²) in [4.78, 5) is 17.2. The minimum Gasteiger partial charge on any atom is -0.371 e. The maximum atomic E-state index is 13.4. The third-order valence-corrected chi connectivity index (χ3v) is 6.21. The number of hydrogen-bond acceptors (Lipinski definition) is 3. The summed E-state index contributed by atoms with van der Waals surface area (Å²) in [6.45, 7) is 4.82. The van der Waals surface area contributed by atoms with E-state index in [1.165, 1.54) is 18.2 Å². The summed E-state index contributed by atoms with van der Waals surface area (Å²) in [5, 5.41) is 3.16. The van der Waals surface area contributed by atoms with Gasteiger partial charge >= 0.3 is 0 Å². The first-order chi connectivity index (χ1) is 14.6. The standard InChI is InChI=1S/C24H29F2N3O/c25-21-6-8-23(9-7-21)29-12-10-19(16-29)14-27-24(30)20-4-2-11-28(17-20)15-18-3-1-5-22(26)13-18/h1,3,5-9,13,19-20H,2,4,10-12,14-17H2,(H,27,30)/t19-,20-/m1/s1. The van der Waals surface area contributed by atoms with Gasteiger partial charge in [0, 0.05) is 38.4 Å². The number of carbonyl (C=O) groups is 1. The fourth-order valence-corrected chi connectivity index (χ4v) is 4.58. The zero-order chi connectivity index (χ0) is 20.9. The van der Waals surface area contributed by atoms with Crippen LogP contribution in [0.4, 0.5) is 14.5 Å². The molecule has 2 aromatic rings. The Morgan fingerprint density at radius 3 is 2.63 bits per heavy atom. The average molecular weight is 414 g/mol. The molecule has 1 N–H and O–H groups in total. The van der Waals surface area contributed by atoms with E-state index in [1.807, 2.05) is 18.2 Å². The van der Waals surface area contributed by atoms with E-state index < -0.39 is 0 Å². The average Bonchev–Trinajstić information content (AvgIpc) is 3.22. The van der Waals surface area contributed by atoms with Crippen LogP contribution in [0.15, 0.2) is 48.5 Å². The predicted molar refractivity (Wildman–Crippen MR) is 114 cm³/mol. The molecule has 0 aliphatic carbocycles. The van der Waals surface area contributed by atoms with Crippen LogP contribution in [0.25, 0.3) is 0 Å². The molecule has 0 saturated carbocycles. The van der Waals surface area contributed by atoms with Crippen molar-refractivity contribution in [1.29, 1.82) is 0 Å². The number of amides is 1. The van der Waals surface area contributed by atoms with E-state index in [0.717, 1.165) is 50.1 Å². The van der Waals surface area contributed by atoms with Crippen molar-refractivity contribution in [2.24, 2.45) is 11.8 Å². The predicted octanol–water partition coefficient (Wildman–Crippen LogP) is 3.82. The number of piperidine rings is 1. The van der Waals surface area contributed by atoms with E-state index in [0.29, 0.717) is 25.6 Å². The van der Waals surface area contributed by atoms with Crippen molar-refractivity contribution >= 4 is 11.6 Å². The van der Waals surface area contributed by atoms with Gasteiger partial charge in [-0.25, -0.2) is 8.78 Å². The number of hydrogen-bond donors (Lipinski definition) is 1. The number of rotatable bonds is 6. The molecular formula is C24H29F2N3O. The van der Waals surface area contributed by atoms with Crippen molar-refractivity contribution in [1.82, 2.24) is 10.2 Å². The lowest BCUT2D eigenvalue weighted by atomic mass is 9.96. The van der Waals surface area contributed by atoms with E-state index >= 15 is 0 Å². The van der Waals surface area contributed by atoms with Crippen LogP contribution in [0.3, 0.4) is 0 Å². The smallest absolute Gasteiger partial charge is 0.224 e. The molecule has 0 bridgehead atoms. The highest BCUT2D eigenvalue weighted by Gasteiger charge is 2.28. The molecule has 4 rings (SSSR count). The molecule has 2 saturated heterocycles. The van der Waals surface area contributed by atoms with Gasteiger partial charge in [0.05, 0.1) is 5.92 Å². The van der Waals surface area contributed by atoms with Gasteiger partial charge in [-0.1, -0.05) is 12.1 Å². The van der Waals surface area contributed by atoms with Gasteiger partial charge in [0.15, 0.2) is 0 Å². The summed E-state index contributed by atoms with van der Waals surface area (Å²) in [5.74, 6) is 0.0813. The van der Waals surface area contributed by atoms with Crippen LogP contribution in [0.2, 0.25) is 0 Å². The third-order valence-electron chi connectivity index (χ3n) is 6.21. The number of benzene rings is 2. The van der Waals surface area contributed by atoms with Crippen molar-refractivity contribution in [3.05, 3.63) is 65.7 Å². The van der Waals surface area contributed by atoms with Gasteiger partial charge in [0.2, 0.25) is 5.91 Å². The number of carbonyl (C=O) groups excluding carboxylic acids is 1. The van der Waals surface area contributed by atoms with Crippen LogP contribution in [0, 0.1) is 23.5 Å². The van der Waals surface area contributed by atoms with Gasteiger partial charge in [-0.05, 0) is 73.7 Å². The first-order valence-corrected chi connectivity index (χ1v) is 10.8. The highest BCUT2D eigenvalue weighted by Crippen LogP contribution is 2.24. The number of halogens is 2. The van der Waals surface area contributed by atoms with Gasteiger partial charge in [0.25, 0.3) is 0 Å². The van der Waals surface area contributed by atoms with Crippen LogP contribution in [0.5, 0.6) is 0 Å². The lowest BCUT2D eigenvalue weighted by Gasteiger charge is -2.32. The second-order valence-electron chi connectivity index (χ2n) is 8.53. The summed E-state index contributed by atoms with van der Waals surface area (Å²) in [6.07, 6.45) is 2.90. The minimum atomic E-state index is -0.222. The Balaban J connectivity index is 1.23. The molecule has 0 spiro atoms. The number of nitrogens with one attached hydrogen (secondary N) is 1. The van der Waals surface area contributed by atoms with Crippen LogP contribution in [0.1, 0.15) is 24.8 Å². The van der Waals surface area contributed by atoms with Crippen molar-refractivity contribution in [2.45, 2.75) is 25.8 Å². The molecule has 0 unspecified atom stereocenters. The zero-order valence-electron chi connectivity index (χ0n) is 17.2. The molecule has 1 amide bonds. The molecule has 2 aromatic carbocycles. The third kappa shape index (κ3) is 5.36. The molecule has 6 heteroatoms. The molecule has 2 fully saturated rings. The molecular weight excluding hydrogens is 384 g/mol. The van der Waals surface area contributed by atoms with E-state index in [9.17, 15) is 13.6 Å². The molecule has 2 aliphatic rings. The zero-order valence-corrected chi connectivity index (χ0v) is 17.2. The van der Waals surface area contributed by atoms with Crippen molar-refractivity contribution in [2.75, 3.05) is 37.6 Å². The molecule has 4 nitrogen and oxygen atoms in total. The Kier molecular flexibility index (Phi) is 6.62. The quantitative estimate of drug-likeness (QED) is 0.782. The Labute approximate surface area is 176 Å². The molecule has 2 atom stereocenters. The number of anilines is 1. The molecule has 0 aromatic heterocycles. The van der Waals surface area contributed by atoms with E-state index in [4.69, 9.17) is 0 Å². The fraction of sp³-hybridized carbons (Fsp3) is 0.458. The van der Waals surface area contributed by atoms with Crippen LogP contribution >= 0.6 is 0 Å². The molecule has 2 aliphatic heterocycles. The Hall–Kier alpha value is -2.47. The highest BCUT2D eigenvalue weighted by molar-refractivity contribution is 5.79. The summed E-state index contributed by atoms with van der Waals surface area (Å²) < 4.78 is 26.5. The first-order valence-electron chi connectivity index (χ1n) is 10.8. The molecule has 0 radical (unpaired) electrons. The molecule has 160 valence electrons. The molecule has 2 heterocycles. The lowest BCUT2D eigenvalue weighted by molar-refractivity contribution is -0.126. The Bertz CT molecular complexity index is 858. The van der Waals surface area contributed by atoms with Gasteiger partial charge in [0.1, 0.15) is 11.6 Å². The Morgan fingerprint density at radius 1 is 1.00 bits per heavy atom. The largest absolute Gasteiger partial charge is 0.371 e. The minimum absolute atomic E-state index is 0.0121. The van der Waals surface area contributed by atoms with E-state index in [-0.39, 0.29) is 23.5 Å². The van der Waals surface area contributed by atoms with Crippen LogP contribution in [-0.2, 0) is 11.3 Å². The maximum absolute atomic E-state index is 13.4. The SMILES string of the molecule is O=C(NC[C@H]1CCN(c2ccc(F)cc2)C1)[C@@H]1CCCN(Cc2cccc(F)c2)C1. The Morgan fingerprint density at radius 2 is 1.83 bits per heavy atom. The van der Waals surface area contributed by atoms with E-state index in [1.54, 1.807) is 12.1 Å². The fourth-order valence-electron chi connectivity index (χ4n) is 4.58. The number of nitrogens with zero attached hydrogens (tertiary/aromatic N) is 2. The van der Waals surface area contributed by atoms with Gasteiger partial charge in [-0.2, -0.15) is 0 Å². The number of likely N-dealkylation sites (tertiary alicyclic amines) is 1.